The van der Waals surface area contributed by atoms with Gasteiger partial charge in [0, 0.05) is 26.4 Å². The van der Waals surface area contributed by atoms with Crippen molar-refractivity contribution in [3.05, 3.63) is 64.2 Å². The van der Waals surface area contributed by atoms with Gasteiger partial charge >= 0.3 is 0 Å². The van der Waals surface area contributed by atoms with Crippen LogP contribution in [-0.4, -0.2) is 40.1 Å². The number of carbonyl (C=O) groups excluding carboxylic acids is 1. The SMILES string of the molecule is Cn1c(CCC(=O)N2CCC[C@H]2c2ccc3c(c2)OCCO3)nc2ccccc2c1=O. The Bertz CT molecular complexity index is 1200. The Morgan fingerprint density at radius 2 is 1.94 bits per heavy atom. The normalized spacial score (nSPS) is 17.8. The molecule has 160 valence electrons. The molecule has 1 amide bonds. The largest absolute Gasteiger partial charge is 0.486 e. The number of fused-ring (bicyclic) bond motifs is 2. The van der Waals surface area contributed by atoms with Crippen molar-refractivity contribution in [1.82, 2.24) is 14.5 Å². The molecule has 7 heteroatoms. The van der Waals surface area contributed by atoms with Crippen LogP contribution < -0.4 is 15.0 Å². The molecule has 5 rings (SSSR count). The summed E-state index contributed by atoms with van der Waals surface area (Å²) in [4.78, 5) is 32.3. The zero-order valence-electron chi connectivity index (χ0n) is 17.5. The highest BCUT2D eigenvalue weighted by atomic mass is 16.6. The molecule has 2 aromatic carbocycles. The number of aryl methyl sites for hydroxylation is 1. The molecule has 0 unspecified atom stereocenters. The Morgan fingerprint density at radius 3 is 2.81 bits per heavy atom. The van der Waals surface area contributed by atoms with Gasteiger partial charge in [0.1, 0.15) is 19.0 Å². The van der Waals surface area contributed by atoms with Crippen molar-refractivity contribution >= 4 is 16.8 Å². The summed E-state index contributed by atoms with van der Waals surface area (Å²) in [7, 11) is 1.72. The highest BCUT2D eigenvalue weighted by molar-refractivity contribution is 5.78. The van der Waals surface area contributed by atoms with Crippen LogP contribution in [0.15, 0.2) is 47.3 Å². The maximum Gasteiger partial charge on any atom is 0.261 e. The molecule has 0 bridgehead atoms. The molecule has 0 spiro atoms. The molecule has 31 heavy (non-hydrogen) atoms. The third-order valence-corrected chi connectivity index (χ3v) is 6.16. The van der Waals surface area contributed by atoms with E-state index in [0.717, 1.165) is 36.4 Å². The average Bonchev–Trinajstić information content (AvgIpc) is 3.30. The minimum atomic E-state index is -0.0802. The molecule has 1 saturated heterocycles. The first-order valence-electron chi connectivity index (χ1n) is 10.8. The van der Waals surface area contributed by atoms with Crippen LogP contribution in [0, 0.1) is 0 Å². The number of aromatic nitrogens is 2. The molecular formula is C24H25N3O4. The van der Waals surface area contributed by atoms with E-state index >= 15 is 0 Å². The minimum Gasteiger partial charge on any atom is -0.486 e. The van der Waals surface area contributed by atoms with Crippen molar-refractivity contribution in [3.63, 3.8) is 0 Å². The number of carbonyl (C=O) groups is 1. The van der Waals surface area contributed by atoms with E-state index in [9.17, 15) is 9.59 Å². The van der Waals surface area contributed by atoms with Gasteiger partial charge in [-0.15, -0.1) is 0 Å². The van der Waals surface area contributed by atoms with Crippen molar-refractivity contribution in [2.75, 3.05) is 19.8 Å². The van der Waals surface area contributed by atoms with Crippen LogP contribution in [0.25, 0.3) is 10.9 Å². The summed E-state index contributed by atoms with van der Waals surface area (Å²) in [5, 5.41) is 0.596. The van der Waals surface area contributed by atoms with Gasteiger partial charge in [0.2, 0.25) is 5.91 Å². The lowest BCUT2D eigenvalue weighted by molar-refractivity contribution is -0.132. The molecule has 2 aliphatic rings. The van der Waals surface area contributed by atoms with Crippen LogP contribution in [0.3, 0.4) is 0 Å². The maximum absolute atomic E-state index is 13.1. The molecule has 7 nitrogen and oxygen atoms in total. The minimum absolute atomic E-state index is 0.0386. The van der Waals surface area contributed by atoms with Gasteiger partial charge in [0.25, 0.3) is 5.56 Å². The fourth-order valence-electron chi connectivity index (χ4n) is 4.53. The summed E-state index contributed by atoms with van der Waals surface area (Å²) in [6, 6.07) is 13.3. The number of benzene rings is 2. The standard InChI is InChI=1S/C24H25N3O4/c1-26-22(25-18-6-3-2-5-17(18)24(26)29)10-11-23(28)27-12-4-7-19(27)16-8-9-20-21(15-16)31-14-13-30-20/h2-3,5-6,8-9,15,19H,4,7,10-14H2,1H3/t19-/m0/s1. The predicted octanol–water partition coefficient (Wildman–Crippen LogP) is 3.00. The van der Waals surface area contributed by atoms with E-state index in [4.69, 9.17) is 9.47 Å². The summed E-state index contributed by atoms with van der Waals surface area (Å²) >= 11 is 0. The van der Waals surface area contributed by atoms with Crippen LogP contribution in [-0.2, 0) is 18.3 Å². The van der Waals surface area contributed by atoms with Crippen molar-refractivity contribution in [2.24, 2.45) is 7.05 Å². The molecule has 3 heterocycles. The van der Waals surface area contributed by atoms with E-state index in [-0.39, 0.29) is 17.5 Å². The average molecular weight is 419 g/mol. The smallest absolute Gasteiger partial charge is 0.261 e. The quantitative estimate of drug-likeness (QED) is 0.650. The Kier molecular flexibility index (Phi) is 5.10. The Balaban J connectivity index is 1.33. The second-order valence-corrected chi connectivity index (χ2v) is 8.06. The zero-order valence-corrected chi connectivity index (χ0v) is 17.5. The van der Waals surface area contributed by atoms with Crippen molar-refractivity contribution in [1.29, 1.82) is 0 Å². The number of likely N-dealkylation sites (tertiary alicyclic amines) is 1. The fourth-order valence-corrected chi connectivity index (χ4v) is 4.53. The molecule has 1 aromatic heterocycles. The number of ether oxygens (including phenoxy) is 2. The number of para-hydroxylation sites is 1. The molecule has 0 aliphatic carbocycles. The monoisotopic (exact) mass is 419 g/mol. The third-order valence-electron chi connectivity index (χ3n) is 6.16. The fraction of sp³-hybridized carbons (Fsp3) is 0.375. The maximum atomic E-state index is 13.1. The van der Waals surface area contributed by atoms with E-state index in [1.165, 1.54) is 0 Å². The summed E-state index contributed by atoms with van der Waals surface area (Å²) in [6.45, 7) is 1.84. The Labute approximate surface area is 180 Å². The van der Waals surface area contributed by atoms with Gasteiger partial charge in [0.05, 0.1) is 16.9 Å². The van der Waals surface area contributed by atoms with Crippen molar-refractivity contribution in [2.45, 2.75) is 31.7 Å². The molecule has 0 saturated carbocycles. The van der Waals surface area contributed by atoms with Crippen molar-refractivity contribution in [3.8, 4) is 11.5 Å². The summed E-state index contributed by atoms with van der Waals surface area (Å²) in [5.74, 6) is 2.22. The zero-order chi connectivity index (χ0) is 21.4. The highest BCUT2D eigenvalue weighted by Gasteiger charge is 2.30. The number of hydrogen-bond donors (Lipinski definition) is 0. The Hall–Kier alpha value is -3.35. The van der Waals surface area contributed by atoms with Crippen LogP contribution in [0.4, 0.5) is 0 Å². The van der Waals surface area contributed by atoms with Gasteiger partial charge in [-0.25, -0.2) is 4.98 Å². The Morgan fingerprint density at radius 1 is 1.13 bits per heavy atom. The lowest BCUT2D eigenvalue weighted by Gasteiger charge is -2.27. The van der Waals surface area contributed by atoms with E-state index < -0.39 is 0 Å². The van der Waals surface area contributed by atoms with Crippen LogP contribution >= 0.6 is 0 Å². The highest BCUT2D eigenvalue weighted by Crippen LogP contribution is 2.38. The van der Waals surface area contributed by atoms with Crippen molar-refractivity contribution < 1.29 is 14.3 Å². The number of amides is 1. The first kappa shape index (κ1) is 19.6. The second kappa shape index (κ2) is 8.06. The summed E-state index contributed by atoms with van der Waals surface area (Å²) in [5.41, 5.74) is 1.66. The van der Waals surface area contributed by atoms with E-state index in [1.807, 2.05) is 41.3 Å². The van der Waals surface area contributed by atoms with Gasteiger partial charge in [-0.2, -0.15) is 0 Å². The van der Waals surface area contributed by atoms with Gasteiger partial charge in [-0.1, -0.05) is 18.2 Å². The molecule has 1 atom stereocenters. The van der Waals surface area contributed by atoms with E-state index in [1.54, 1.807) is 17.7 Å². The van der Waals surface area contributed by atoms with Gasteiger partial charge < -0.3 is 14.4 Å². The molecule has 0 N–H and O–H groups in total. The molecular weight excluding hydrogens is 394 g/mol. The first-order valence-corrected chi connectivity index (χ1v) is 10.8. The van der Waals surface area contributed by atoms with Crippen LogP contribution in [0.2, 0.25) is 0 Å². The lowest BCUT2D eigenvalue weighted by Crippen LogP contribution is -2.31. The molecule has 3 aromatic rings. The summed E-state index contributed by atoms with van der Waals surface area (Å²) in [6.07, 6.45) is 2.65. The number of rotatable bonds is 4. The van der Waals surface area contributed by atoms with E-state index in [0.29, 0.717) is 42.8 Å². The van der Waals surface area contributed by atoms with Crippen LogP contribution in [0.5, 0.6) is 11.5 Å². The second-order valence-electron chi connectivity index (χ2n) is 8.06. The lowest BCUT2D eigenvalue weighted by atomic mass is 10.0. The van der Waals surface area contributed by atoms with Crippen LogP contribution in [0.1, 0.15) is 36.7 Å². The number of hydrogen-bond acceptors (Lipinski definition) is 5. The third kappa shape index (κ3) is 3.65. The first-order chi connectivity index (χ1) is 15.1. The predicted molar refractivity (Wildman–Crippen MR) is 116 cm³/mol. The number of nitrogens with zero attached hydrogens (tertiary/aromatic N) is 3. The topological polar surface area (TPSA) is 73.7 Å². The molecule has 1 fully saturated rings. The van der Waals surface area contributed by atoms with Gasteiger partial charge in [0.15, 0.2) is 11.5 Å². The van der Waals surface area contributed by atoms with E-state index in [2.05, 4.69) is 4.98 Å². The summed E-state index contributed by atoms with van der Waals surface area (Å²) < 4.78 is 12.9. The van der Waals surface area contributed by atoms with Gasteiger partial charge in [-0.05, 0) is 42.7 Å². The van der Waals surface area contributed by atoms with Gasteiger partial charge in [-0.3, -0.25) is 14.2 Å². The molecule has 0 radical (unpaired) electrons. The molecule has 2 aliphatic heterocycles.